The van der Waals surface area contributed by atoms with E-state index in [4.69, 9.17) is 16.7 Å². The number of hydrogen-bond donors (Lipinski definition) is 1. The topological polar surface area (TPSA) is 72.0 Å². The molecule has 2 aliphatic rings. The first kappa shape index (κ1) is 17.2. The molecule has 0 amide bonds. The molecule has 27 heavy (non-hydrogen) atoms. The van der Waals surface area contributed by atoms with E-state index >= 15 is 0 Å². The molecule has 2 fully saturated rings. The predicted octanol–water partition coefficient (Wildman–Crippen LogP) is 2.26. The van der Waals surface area contributed by atoms with Crippen LogP contribution in [-0.4, -0.2) is 53.7 Å². The van der Waals surface area contributed by atoms with E-state index in [1.807, 2.05) is 28.5 Å². The van der Waals surface area contributed by atoms with Crippen LogP contribution in [0, 0.1) is 11.8 Å². The van der Waals surface area contributed by atoms with Gasteiger partial charge in [-0.3, -0.25) is 9.58 Å². The number of aliphatic hydroxyl groups excluding tert-OH is 1. The van der Waals surface area contributed by atoms with Crippen molar-refractivity contribution in [2.24, 2.45) is 18.9 Å². The van der Waals surface area contributed by atoms with Gasteiger partial charge in [-0.1, -0.05) is 17.7 Å². The molecule has 7 nitrogen and oxygen atoms in total. The second-order valence-electron chi connectivity index (χ2n) is 7.90. The van der Waals surface area contributed by atoms with Gasteiger partial charge < -0.3 is 5.11 Å². The van der Waals surface area contributed by atoms with Crippen molar-refractivity contribution in [1.82, 2.24) is 29.4 Å². The number of halogens is 1. The molecule has 0 unspecified atom stereocenters. The Bertz CT molecular complexity index is 955. The Balaban J connectivity index is 1.35. The van der Waals surface area contributed by atoms with Gasteiger partial charge in [-0.15, -0.1) is 0 Å². The minimum absolute atomic E-state index is 0.0267. The van der Waals surface area contributed by atoms with E-state index in [1.165, 1.54) is 6.33 Å². The molecule has 1 saturated heterocycles. The van der Waals surface area contributed by atoms with E-state index in [9.17, 15) is 5.11 Å². The van der Waals surface area contributed by atoms with Gasteiger partial charge in [-0.05, 0) is 36.8 Å². The van der Waals surface area contributed by atoms with E-state index in [-0.39, 0.29) is 12.1 Å². The Morgan fingerprint density at radius 1 is 1.22 bits per heavy atom. The fraction of sp³-hybridized carbons (Fsp3) is 0.526. The molecule has 2 aromatic heterocycles. The van der Waals surface area contributed by atoms with Crippen molar-refractivity contribution in [2.45, 2.75) is 31.5 Å². The number of fused-ring (bicyclic) bond motifs is 2. The predicted molar refractivity (Wildman–Crippen MR) is 102 cm³/mol. The summed E-state index contributed by atoms with van der Waals surface area (Å²) in [7, 11) is 1.96. The lowest BCUT2D eigenvalue weighted by molar-refractivity contribution is 0.0304. The van der Waals surface area contributed by atoms with E-state index in [0.29, 0.717) is 11.8 Å². The molecule has 142 valence electrons. The zero-order chi connectivity index (χ0) is 18.5. The van der Waals surface area contributed by atoms with Crippen molar-refractivity contribution in [1.29, 1.82) is 0 Å². The van der Waals surface area contributed by atoms with E-state index in [0.717, 1.165) is 54.1 Å². The molecule has 0 bridgehead atoms. The van der Waals surface area contributed by atoms with Gasteiger partial charge in [0.05, 0.1) is 28.4 Å². The van der Waals surface area contributed by atoms with Gasteiger partial charge in [0.2, 0.25) is 0 Å². The van der Waals surface area contributed by atoms with Crippen LogP contribution in [0.25, 0.3) is 10.9 Å². The molecule has 4 atom stereocenters. The number of rotatable bonds is 3. The second-order valence-corrected chi connectivity index (χ2v) is 8.31. The maximum atomic E-state index is 10.6. The molecular weight excluding hydrogens is 364 g/mol. The molecular formula is C19H23ClN6O. The Hall–Kier alpha value is -1.96. The third kappa shape index (κ3) is 2.94. The van der Waals surface area contributed by atoms with Crippen molar-refractivity contribution in [3.05, 3.63) is 41.6 Å². The minimum atomic E-state index is -0.363. The highest BCUT2D eigenvalue weighted by Crippen LogP contribution is 2.41. The van der Waals surface area contributed by atoms with Gasteiger partial charge in [0.1, 0.15) is 12.7 Å². The molecule has 1 aliphatic carbocycles. The highest BCUT2D eigenvalue weighted by Gasteiger charge is 2.42. The van der Waals surface area contributed by atoms with Crippen LogP contribution < -0.4 is 0 Å². The molecule has 0 radical (unpaired) electrons. The van der Waals surface area contributed by atoms with Gasteiger partial charge in [0.15, 0.2) is 0 Å². The van der Waals surface area contributed by atoms with Crippen molar-refractivity contribution in [3.8, 4) is 0 Å². The van der Waals surface area contributed by atoms with Gasteiger partial charge in [-0.25, -0.2) is 9.67 Å². The average Bonchev–Trinajstić information content (AvgIpc) is 3.35. The molecule has 5 rings (SSSR count). The summed E-state index contributed by atoms with van der Waals surface area (Å²) < 4.78 is 3.72. The summed E-state index contributed by atoms with van der Waals surface area (Å²) in [5.74, 6) is 1.08. The first-order valence-corrected chi connectivity index (χ1v) is 9.82. The third-order valence-electron chi connectivity index (χ3n) is 6.23. The van der Waals surface area contributed by atoms with Gasteiger partial charge >= 0.3 is 0 Å². The SMILES string of the molecule is Cn1nc(CN2C[C@H]3C[C@@H](n4cncn4)[C@H](O)C[C@H]3C2)c2c(Cl)cccc21. The van der Waals surface area contributed by atoms with Crippen LogP contribution in [0.3, 0.4) is 0 Å². The molecule has 1 aliphatic heterocycles. The average molecular weight is 387 g/mol. The van der Waals surface area contributed by atoms with Crippen molar-refractivity contribution < 1.29 is 5.11 Å². The summed E-state index contributed by atoms with van der Waals surface area (Å²) in [5.41, 5.74) is 2.10. The standard InChI is InChI=1S/C19H23ClN6O/c1-24-16-4-2-3-14(20)19(16)15(23-24)9-25-7-12-5-17(26-11-21-10-22-26)18(27)6-13(12)8-25/h2-4,10-13,17-18,27H,5-9H2,1H3/t12-,13+,17-,18-/m1/s1. The van der Waals surface area contributed by atoms with Crippen LogP contribution in [0.4, 0.5) is 0 Å². The lowest BCUT2D eigenvalue weighted by Crippen LogP contribution is -2.36. The quantitative estimate of drug-likeness (QED) is 0.747. The summed E-state index contributed by atoms with van der Waals surface area (Å²) in [6.07, 6.45) is 4.64. The fourth-order valence-corrected chi connectivity index (χ4v) is 5.26. The lowest BCUT2D eigenvalue weighted by atomic mass is 9.77. The Morgan fingerprint density at radius 3 is 2.81 bits per heavy atom. The van der Waals surface area contributed by atoms with Gasteiger partial charge in [0, 0.05) is 32.1 Å². The smallest absolute Gasteiger partial charge is 0.137 e. The molecule has 1 N–H and O–H groups in total. The molecule has 1 aromatic carbocycles. The van der Waals surface area contributed by atoms with E-state index in [2.05, 4.69) is 21.0 Å². The van der Waals surface area contributed by atoms with Gasteiger partial charge in [0.25, 0.3) is 0 Å². The molecule has 1 saturated carbocycles. The largest absolute Gasteiger partial charge is 0.391 e. The summed E-state index contributed by atoms with van der Waals surface area (Å²) in [6.45, 7) is 2.80. The maximum Gasteiger partial charge on any atom is 0.137 e. The third-order valence-corrected chi connectivity index (χ3v) is 6.55. The minimum Gasteiger partial charge on any atom is -0.391 e. The number of benzene rings is 1. The first-order valence-electron chi connectivity index (χ1n) is 9.45. The van der Waals surface area contributed by atoms with Crippen molar-refractivity contribution in [3.63, 3.8) is 0 Å². The number of nitrogens with zero attached hydrogens (tertiary/aromatic N) is 6. The normalized spacial score (nSPS) is 28.7. The monoisotopic (exact) mass is 386 g/mol. The van der Waals surface area contributed by atoms with Crippen LogP contribution in [0.15, 0.2) is 30.9 Å². The number of hydrogen-bond acceptors (Lipinski definition) is 5. The summed E-state index contributed by atoms with van der Waals surface area (Å²) >= 11 is 6.46. The van der Waals surface area contributed by atoms with Crippen LogP contribution >= 0.6 is 11.6 Å². The summed E-state index contributed by atoms with van der Waals surface area (Å²) in [6, 6.07) is 5.98. The zero-order valence-corrected chi connectivity index (χ0v) is 16.0. The highest BCUT2D eigenvalue weighted by atomic mass is 35.5. The molecule has 3 heterocycles. The van der Waals surface area contributed by atoms with Crippen LogP contribution in [0.2, 0.25) is 5.02 Å². The number of aromatic nitrogens is 5. The molecule has 8 heteroatoms. The maximum absolute atomic E-state index is 10.6. The van der Waals surface area contributed by atoms with Crippen LogP contribution in [0.5, 0.6) is 0 Å². The Kier molecular flexibility index (Phi) is 4.18. The van der Waals surface area contributed by atoms with Crippen LogP contribution in [0.1, 0.15) is 24.6 Å². The lowest BCUT2D eigenvalue weighted by Gasteiger charge is -2.35. The number of likely N-dealkylation sites (tertiary alicyclic amines) is 1. The number of aliphatic hydroxyl groups is 1. The van der Waals surface area contributed by atoms with E-state index < -0.39 is 0 Å². The molecule has 0 spiro atoms. The van der Waals surface area contributed by atoms with Crippen molar-refractivity contribution >= 4 is 22.5 Å². The first-order chi connectivity index (χ1) is 13.1. The Morgan fingerprint density at radius 2 is 2.04 bits per heavy atom. The van der Waals surface area contributed by atoms with Crippen molar-refractivity contribution in [2.75, 3.05) is 13.1 Å². The summed E-state index contributed by atoms with van der Waals surface area (Å²) in [5, 5.41) is 21.4. The molecule has 3 aromatic rings. The second kappa shape index (κ2) is 6.58. The van der Waals surface area contributed by atoms with Gasteiger partial charge in [-0.2, -0.15) is 10.2 Å². The Labute approximate surface area is 162 Å². The highest BCUT2D eigenvalue weighted by molar-refractivity contribution is 6.35. The van der Waals surface area contributed by atoms with E-state index in [1.54, 1.807) is 6.33 Å². The summed E-state index contributed by atoms with van der Waals surface area (Å²) in [4.78, 5) is 6.49. The van der Waals surface area contributed by atoms with Crippen LogP contribution in [-0.2, 0) is 13.6 Å². The number of aryl methyl sites for hydroxylation is 1. The zero-order valence-electron chi connectivity index (χ0n) is 15.2. The fourth-order valence-electron chi connectivity index (χ4n) is 4.98.